The Morgan fingerprint density at radius 1 is 0.935 bits per heavy atom. The Kier molecular flexibility index (Phi) is 6.04. The number of hydrogen-bond donors (Lipinski definition) is 3. The van der Waals surface area contributed by atoms with Crippen molar-refractivity contribution in [2.24, 2.45) is 0 Å². The van der Waals surface area contributed by atoms with E-state index in [0.717, 1.165) is 22.4 Å². The molecular formula is C24H21N5O2. The third kappa shape index (κ3) is 5.16. The second-order valence-corrected chi connectivity index (χ2v) is 6.84. The van der Waals surface area contributed by atoms with E-state index in [9.17, 15) is 9.59 Å². The largest absolute Gasteiger partial charge is 0.357 e. The third-order valence-electron chi connectivity index (χ3n) is 4.58. The summed E-state index contributed by atoms with van der Waals surface area (Å²) in [5, 5.41) is 4.72. The van der Waals surface area contributed by atoms with Crippen LogP contribution in [0.15, 0.2) is 91.3 Å². The Morgan fingerprint density at radius 3 is 2.39 bits per heavy atom. The molecule has 7 nitrogen and oxygen atoms in total. The predicted molar refractivity (Wildman–Crippen MR) is 119 cm³/mol. The van der Waals surface area contributed by atoms with Crippen LogP contribution >= 0.6 is 0 Å². The molecule has 0 saturated heterocycles. The van der Waals surface area contributed by atoms with Gasteiger partial charge in [-0.3, -0.25) is 25.1 Å². The minimum Gasteiger partial charge on any atom is -0.357 e. The molecule has 31 heavy (non-hydrogen) atoms. The summed E-state index contributed by atoms with van der Waals surface area (Å²) in [5.41, 5.74) is 8.75. The van der Waals surface area contributed by atoms with Crippen LogP contribution in [-0.4, -0.2) is 26.6 Å². The smallest absolute Gasteiger partial charge is 0.286 e. The first kappa shape index (κ1) is 19.9. The van der Waals surface area contributed by atoms with Crippen molar-refractivity contribution in [3.8, 4) is 11.3 Å². The molecule has 154 valence electrons. The number of hydrazine groups is 1. The second-order valence-electron chi connectivity index (χ2n) is 6.84. The van der Waals surface area contributed by atoms with Crippen LogP contribution < -0.4 is 10.9 Å². The zero-order valence-electron chi connectivity index (χ0n) is 16.7. The van der Waals surface area contributed by atoms with E-state index < -0.39 is 11.8 Å². The van der Waals surface area contributed by atoms with Gasteiger partial charge in [-0.05, 0) is 23.8 Å². The molecule has 0 fully saturated rings. The first-order valence-electron chi connectivity index (χ1n) is 9.77. The van der Waals surface area contributed by atoms with Crippen molar-refractivity contribution in [2.75, 3.05) is 0 Å². The highest BCUT2D eigenvalue weighted by molar-refractivity contribution is 5.97. The summed E-state index contributed by atoms with van der Waals surface area (Å²) in [5.74, 6) is -0.873. The molecule has 7 heteroatoms. The van der Waals surface area contributed by atoms with E-state index in [1.54, 1.807) is 24.4 Å². The lowest BCUT2D eigenvalue weighted by atomic mass is 10.1. The summed E-state index contributed by atoms with van der Waals surface area (Å²) >= 11 is 0. The summed E-state index contributed by atoms with van der Waals surface area (Å²) in [6, 6.07) is 23.1. The topological polar surface area (TPSA) is 91.8 Å². The maximum atomic E-state index is 12.2. The van der Waals surface area contributed by atoms with Crippen LogP contribution in [0, 0.1) is 0 Å². The Morgan fingerprint density at radius 2 is 1.68 bits per heavy atom. The number of aromatic nitrogens is 3. The zero-order valence-corrected chi connectivity index (χ0v) is 16.7. The number of H-pyrrole nitrogens is 1. The zero-order chi connectivity index (χ0) is 21.5. The van der Waals surface area contributed by atoms with Crippen LogP contribution in [-0.2, 0) is 11.3 Å². The minimum atomic E-state index is -0.449. The predicted octanol–water partition coefficient (Wildman–Crippen LogP) is 3.40. The van der Waals surface area contributed by atoms with Gasteiger partial charge in [-0.2, -0.15) is 5.10 Å². The molecular weight excluding hydrogens is 390 g/mol. The van der Waals surface area contributed by atoms with E-state index in [1.807, 2.05) is 71.5 Å². The number of benzene rings is 2. The molecule has 2 amide bonds. The van der Waals surface area contributed by atoms with E-state index in [1.165, 1.54) is 6.08 Å². The molecule has 0 aliphatic carbocycles. The van der Waals surface area contributed by atoms with Gasteiger partial charge in [0, 0.05) is 29.6 Å². The number of aromatic amines is 1. The number of nitrogens with zero attached hydrogens (tertiary/aromatic N) is 2. The molecule has 0 unspecified atom stereocenters. The molecule has 4 rings (SSSR count). The van der Waals surface area contributed by atoms with Gasteiger partial charge in [0.2, 0.25) is 0 Å². The molecule has 3 N–H and O–H groups in total. The van der Waals surface area contributed by atoms with Gasteiger partial charge in [0.25, 0.3) is 11.8 Å². The van der Waals surface area contributed by atoms with E-state index in [4.69, 9.17) is 5.10 Å². The van der Waals surface area contributed by atoms with Crippen LogP contribution in [0.3, 0.4) is 0 Å². The van der Waals surface area contributed by atoms with E-state index in [0.29, 0.717) is 12.2 Å². The molecule has 0 aliphatic heterocycles. The number of rotatable bonds is 6. The number of nitrogens with one attached hydrogen (secondary N) is 3. The van der Waals surface area contributed by atoms with Gasteiger partial charge in [0.05, 0.1) is 12.2 Å². The lowest BCUT2D eigenvalue weighted by Gasteiger charge is -2.03. The van der Waals surface area contributed by atoms with Gasteiger partial charge in [0.1, 0.15) is 5.69 Å². The number of carbonyl (C=O) groups is 2. The Labute approximate surface area is 179 Å². The normalized spacial score (nSPS) is 10.8. The summed E-state index contributed by atoms with van der Waals surface area (Å²) < 4.78 is 1.85. The quantitative estimate of drug-likeness (QED) is 0.335. The number of carbonyl (C=O) groups excluding carboxylic acids is 2. The molecule has 2 heterocycles. The Bertz CT molecular complexity index is 1180. The van der Waals surface area contributed by atoms with Crippen molar-refractivity contribution in [1.29, 1.82) is 0 Å². The van der Waals surface area contributed by atoms with Crippen molar-refractivity contribution >= 4 is 17.9 Å². The molecule has 0 spiro atoms. The van der Waals surface area contributed by atoms with Gasteiger partial charge in [-0.15, -0.1) is 0 Å². The lowest BCUT2D eigenvalue weighted by molar-refractivity contribution is -0.117. The van der Waals surface area contributed by atoms with Crippen molar-refractivity contribution in [2.45, 2.75) is 6.54 Å². The summed E-state index contributed by atoms with van der Waals surface area (Å²) in [4.78, 5) is 26.9. The third-order valence-corrected chi connectivity index (χ3v) is 4.58. The second kappa shape index (κ2) is 9.41. The number of amides is 2. The molecule has 4 aromatic rings. The highest BCUT2D eigenvalue weighted by Gasteiger charge is 2.11. The molecule has 0 radical (unpaired) electrons. The molecule has 2 aromatic carbocycles. The maximum absolute atomic E-state index is 12.2. The summed E-state index contributed by atoms with van der Waals surface area (Å²) in [7, 11) is 0. The minimum absolute atomic E-state index is 0.359. The van der Waals surface area contributed by atoms with Gasteiger partial charge >= 0.3 is 0 Å². The summed E-state index contributed by atoms with van der Waals surface area (Å²) in [6.07, 6.45) is 6.59. The van der Waals surface area contributed by atoms with Crippen molar-refractivity contribution in [3.63, 3.8) is 0 Å². The van der Waals surface area contributed by atoms with Crippen molar-refractivity contribution in [1.82, 2.24) is 25.6 Å². The molecule has 0 saturated carbocycles. The molecule has 2 aromatic heterocycles. The van der Waals surface area contributed by atoms with E-state index in [2.05, 4.69) is 15.8 Å². The Hall–Kier alpha value is -4.39. The first-order valence-corrected chi connectivity index (χ1v) is 9.77. The molecule has 0 bridgehead atoms. The van der Waals surface area contributed by atoms with Crippen molar-refractivity contribution in [3.05, 3.63) is 108 Å². The monoisotopic (exact) mass is 411 g/mol. The van der Waals surface area contributed by atoms with Gasteiger partial charge in [-0.25, -0.2) is 0 Å². The fourth-order valence-corrected chi connectivity index (χ4v) is 3.10. The molecule has 0 aliphatic rings. The average molecular weight is 411 g/mol. The van der Waals surface area contributed by atoms with Crippen molar-refractivity contribution < 1.29 is 9.59 Å². The van der Waals surface area contributed by atoms with Crippen LogP contribution in [0.5, 0.6) is 0 Å². The van der Waals surface area contributed by atoms with E-state index >= 15 is 0 Å². The van der Waals surface area contributed by atoms with Crippen LogP contribution in [0.2, 0.25) is 0 Å². The highest BCUT2D eigenvalue weighted by atomic mass is 16.2. The fraction of sp³-hybridized carbons (Fsp3) is 0.0417. The van der Waals surface area contributed by atoms with Crippen LogP contribution in [0.25, 0.3) is 17.3 Å². The van der Waals surface area contributed by atoms with Gasteiger partial charge < -0.3 is 4.98 Å². The lowest BCUT2D eigenvalue weighted by Crippen LogP contribution is -2.40. The van der Waals surface area contributed by atoms with Gasteiger partial charge in [-0.1, -0.05) is 60.7 Å². The average Bonchev–Trinajstić information content (AvgIpc) is 3.48. The van der Waals surface area contributed by atoms with Crippen LogP contribution in [0.4, 0.5) is 0 Å². The maximum Gasteiger partial charge on any atom is 0.286 e. The van der Waals surface area contributed by atoms with Crippen LogP contribution in [0.1, 0.15) is 21.6 Å². The molecule has 0 atom stereocenters. The first-order chi connectivity index (χ1) is 15.2. The highest BCUT2D eigenvalue weighted by Crippen LogP contribution is 2.23. The van der Waals surface area contributed by atoms with Gasteiger partial charge in [0.15, 0.2) is 0 Å². The number of hydrogen-bond acceptors (Lipinski definition) is 3. The SMILES string of the molecule is O=C(C=Cc1cn(Cc2ccccc2)nc1-c1ccccc1)NNC(=O)c1ccc[nH]1. The Balaban J connectivity index is 1.50. The fourth-order valence-electron chi connectivity index (χ4n) is 3.10. The standard InChI is InChI=1S/C24H21N5O2/c30-22(26-27-24(31)21-12-7-15-25-21)14-13-20-17-29(16-18-8-3-1-4-9-18)28-23(20)19-10-5-2-6-11-19/h1-15,17,25H,16H2,(H,26,30)(H,27,31). The van der Waals surface area contributed by atoms with E-state index in [-0.39, 0.29) is 0 Å². The summed E-state index contributed by atoms with van der Waals surface area (Å²) in [6.45, 7) is 0.618.